The minimum atomic E-state index is -2.58. The van der Waals surface area contributed by atoms with Crippen molar-refractivity contribution >= 4 is 24.7 Å². The molecule has 0 unspecified atom stereocenters. The Morgan fingerprint density at radius 3 is 1.13 bits per heavy atom. The SMILES string of the molecule is CC(C)(C)[Si](OCCOCCOCCOCCOCCOCCOCCOCCC(=O)Oc1c(F)c(F)c(F)c(F)c1F)(c1ccccc1)c1ccccc1. The third-order valence-electron chi connectivity index (χ3n) is 8.03. The number of carbonyl (C=O) groups is 1. The fraction of sp³-hybridized carbons (Fsp3) is 0.513. The van der Waals surface area contributed by atoms with E-state index < -0.39 is 55.5 Å². The summed E-state index contributed by atoms with van der Waals surface area (Å²) in [4.78, 5) is 11.7. The monoisotopic (exact) mass is 802 g/mol. The quantitative estimate of drug-likeness (QED) is 0.0181. The lowest BCUT2D eigenvalue weighted by Gasteiger charge is -2.43. The zero-order valence-electron chi connectivity index (χ0n) is 31.6. The van der Waals surface area contributed by atoms with Gasteiger partial charge in [-0.05, 0) is 15.4 Å². The highest BCUT2D eigenvalue weighted by Gasteiger charge is 2.50. The number of benzene rings is 3. The van der Waals surface area contributed by atoms with E-state index in [4.69, 9.17) is 37.6 Å². The zero-order chi connectivity index (χ0) is 39.9. The Hall–Kier alpha value is -3.32. The fourth-order valence-electron chi connectivity index (χ4n) is 5.43. The summed E-state index contributed by atoms with van der Waals surface area (Å²) in [5.41, 5.74) is 0. The summed E-state index contributed by atoms with van der Waals surface area (Å²) in [6, 6.07) is 21.0. The lowest BCUT2D eigenvalue weighted by atomic mass is 10.2. The van der Waals surface area contributed by atoms with Crippen molar-refractivity contribution in [2.75, 3.05) is 99.1 Å². The number of hydrogen-bond acceptors (Lipinski definition) is 10. The molecule has 0 atom stereocenters. The zero-order valence-corrected chi connectivity index (χ0v) is 32.6. The smallest absolute Gasteiger partial charge is 0.313 e. The number of carbonyl (C=O) groups excluding carboxylic acids is 1. The van der Waals surface area contributed by atoms with E-state index in [2.05, 4.69) is 74.0 Å². The summed E-state index contributed by atoms with van der Waals surface area (Å²) >= 11 is 0. The first-order valence-corrected chi connectivity index (χ1v) is 19.9. The first-order valence-electron chi connectivity index (χ1n) is 18.0. The molecule has 0 aromatic heterocycles. The third kappa shape index (κ3) is 14.9. The van der Waals surface area contributed by atoms with Gasteiger partial charge in [0, 0.05) is 0 Å². The lowest BCUT2D eigenvalue weighted by molar-refractivity contribution is -0.136. The highest BCUT2D eigenvalue weighted by atomic mass is 28.4. The molecule has 0 aliphatic heterocycles. The van der Waals surface area contributed by atoms with Gasteiger partial charge in [0.05, 0.1) is 106 Å². The number of ether oxygens (including phenoxy) is 8. The van der Waals surface area contributed by atoms with Crippen molar-refractivity contribution in [2.24, 2.45) is 0 Å². The molecular weight excluding hydrogens is 751 g/mol. The number of hydrogen-bond donors (Lipinski definition) is 0. The predicted octanol–water partition coefficient (Wildman–Crippen LogP) is 5.37. The molecule has 0 N–H and O–H groups in total. The van der Waals surface area contributed by atoms with E-state index in [1.54, 1.807) is 0 Å². The average Bonchev–Trinajstić information content (AvgIpc) is 3.18. The minimum Gasteiger partial charge on any atom is -0.420 e. The van der Waals surface area contributed by atoms with Gasteiger partial charge in [-0.2, -0.15) is 8.78 Å². The molecule has 0 aliphatic carbocycles. The van der Waals surface area contributed by atoms with Gasteiger partial charge in [-0.25, -0.2) is 13.2 Å². The topological polar surface area (TPSA) is 100 Å². The summed E-state index contributed by atoms with van der Waals surface area (Å²) in [5, 5.41) is 2.38. The average molecular weight is 803 g/mol. The van der Waals surface area contributed by atoms with Crippen LogP contribution in [0.2, 0.25) is 5.04 Å². The van der Waals surface area contributed by atoms with E-state index in [-0.39, 0.29) is 31.5 Å². The summed E-state index contributed by atoms with van der Waals surface area (Å²) in [7, 11) is -2.58. The standard InChI is InChI=1S/C39H51F5O10Si/c1-39(2,3)55(30-10-6-4-7-11-30,31-12-8-5-9-13-31)53-29-28-52-27-26-51-25-24-50-23-22-49-21-20-48-19-18-47-17-16-46-15-14-32(45)54-38-36(43)34(41)33(40)35(42)37(38)44/h4-13H,14-29H2,1-3H3. The summed E-state index contributed by atoms with van der Waals surface area (Å²) < 4.78 is 116. The van der Waals surface area contributed by atoms with Gasteiger partial charge >= 0.3 is 5.97 Å². The Morgan fingerprint density at radius 2 is 0.782 bits per heavy atom. The molecule has 16 heteroatoms. The van der Waals surface area contributed by atoms with Gasteiger partial charge in [-0.3, -0.25) is 4.79 Å². The largest absolute Gasteiger partial charge is 0.420 e. The van der Waals surface area contributed by atoms with Crippen LogP contribution in [-0.4, -0.2) is 113 Å². The van der Waals surface area contributed by atoms with Crippen LogP contribution in [0.3, 0.4) is 0 Å². The Bertz CT molecular complexity index is 1460. The maximum absolute atomic E-state index is 13.6. The first-order chi connectivity index (χ1) is 26.5. The second-order valence-electron chi connectivity index (χ2n) is 12.9. The number of rotatable bonds is 28. The van der Waals surface area contributed by atoms with Gasteiger partial charge in [0.15, 0.2) is 0 Å². The van der Waals surface area contributed by atoms with Crippen LogP contribution in [0.4, 0.5) is 22.0 Å². The highest BCUT2D eigenvalue weighted by Crippen LogP contribution is 2.36. The molecule has 0 saturated heterocycles. The van der Waals surface area contributed by atoms with Crippen molar-refractivity contribution in [2.45, 2.75) is 32.2 Å². The maximum Gasteiger partial charge on any atom is 0.313 e. The molecule has 10 nitrogen and oxygen atoms in total. The van der Waals surface area contributed by atoms with E-state index in [1.165, 1.54) is 10.4 Å². The number of esters is 1. The van der Waals surface area contributed by atoms with E-state index in [9.17, 15) is 26.7 Å². The van der Waals surface area contributed by atoms with Gasteiger partial charge in [0.1, 0.15) is 0 Å². The van der Waals surface area contributed by atoms with Crippen molar-refractivity contribution in [3.05, 3.63) is 89.7 Å². The molecule has 0 amide bonds. The summed E-state index contributed by atoms with van der Waals surface area (Å²) in [6.07, 6.45) is -0.486. The Morgan fingerprint density at radius 1 is 0.473 bits per heavy atom. The van der Waals surface area contributed by atoms with E-state index in [0.29, 0.717) is 72.7 Å². The molecule has 3 aromatic carbocycles. The summed E-state index contributed by atoms with van der Waals surface area (Å²) in [5.74, 6) is -14.1. The first kappa shape index (κ1) is 46.1. The van der Waals surface area contributed by atoms with Crippen LogP contribution in [0.5, 0.6) is 5.75 Å². The van der Waals surface area contributed by atoms with E-state index in [1.807, 2.05) is 12.1 Å². The maximum atomic E-state index is 13.6. The molecule has 0 saturated carbocycles. The normalized spacial score (nSPS) is 12.0. The molecule has 0 fully saturated rings. The molecule has 0 bridgehead atoms. The second kappa shape index (κ2) is 25.0. The van der Waals surface area contributed by atoms with Gasteiger partial charge in [-0.1, -0.05) is 81.4 Å². The molecule has 0 heterocycles. The van der Waals surface area contributed by atoms with Crippen molar-refractivity contribution in [1.82, 2.24) is 0 Å². The Kier molecular flexibility index (Phi) is 21.0. The molecule has 0 spiro atoms. The lowest BCUT2D eigenvalue weighted by Crippen LogP contribution is -2.66. The number of halogens is 5. The second-order valence-corrected chi connectivity index (χ2v) is 17.2. The predicted molar refractivity (Wildman–Crippen MR) is 196 cm³/mol. The van der Waals surface area contributed by atoms with Crippen LogP contribution in [0.15, 0.2) is 60.7 Å². The van der Waals surface area contributed by atoms with E-state index in [0.717, 1.165) is 0 Å². The van der Waals surface area contributed by atoms with Gasteiger partial charge in [-0.15, -0.1) is 0 Å². The van der Waals surface area contributed by atoms with Crippen molar-refractivity contribution < 1.29 is 69.1 Å². The van der Waals surface area contributed by atoms with Crippen molar-refractivity contribution in [1.29, 1.82) is 0 Å². The van der Waals surface area contributed by atoms with E-state index >= 15 is 0 Å². The third-order valence-corrected chi connectivity index (χ3v) is 13.1. The van der Waals surface area contributed by atoms with Crippen molar-refractivity contribution in [3.8, 4) is 5.75 Å². The van der Waals surface area contributed by atoms with Crippen LogP contribution in [-0.2, 0) is 42.4 Å². The van der Waals surface area contributed by atoms with Crippen LogP contribution in [0.1, 0.15) is 27.2 Å². The molecule has 306 valence electrons. The van der Waals surface area contributed by atoms with Crippen LogP contribution in [0, 0.1) is 29.1 Å². The van der Waals surface area contributed by atoms with Crippen LogP contribution < -0.4 is 15.1 Å². The molecule has 55 heavy (non-hydrogen) atoms. The molecular formula is C39H51F5O10Si. The van der Waals surface area contributed by atoms with Crippen LogP contribution >= 0.6 is 0 Å². The van der Waals surface area contributed by atoms with Gasteiger partial charge < -0.3 is 42.3 Å². The van der Waals surface area contributed by atoms with Crippen LogP contribution in [0.25, 0.3) is 0 Å². The van der Waals surface area contributed by atoms with Crippen molar-refractivity contribution in [3.63, 3.8) is 0 Å². The highest BCUT2D eigenvalue weighted by molar-refractivity contribution is 6.99. The molecule has 0 radical (unpaired) electrons. The summed E-state index contributed by atoms with van der Waals surface area (Å²) in [6.45, 7) is 11.6. The Labute approximate surface area is 320 Å². The molecule has 3 rings (SSSR count). The molecule has 3 aromatic rings. The fourth-order valence-corrected chi connectivity index (χ4v) is 9.98. The minimum absolute atomic E-state index is 0.0812. The Balaban J connectivity index is 1.09. The molecule has 0 aliphatic rings. The van der Waals surface area contributed by atoms with Gasteiger partial charge in [0.2, 0.25) is 34.8 Å². The van der Waals surface area contributed by atoms with Gasteiger partial charge in [0.25, 0.3) is 8.32 Å².